The number of anilines is 3. The fourth-order valence-electron chi connectivity index (χ4n) is 2.62. The van der Waals surface area contributed by atoms with Crippen LogP contribution in [0.1, 0.15) is 0 Å². The van der Waals surface area contributed by atoms with E-state index in [9.17, 15) is 4.79 Å². The van der Waals surface area contributed by atoms with E-state index in [1.807, 2.05) is 25.2 Å². The van der Waals surface area contributed by atoms with Crippen molar-refractivity contribution in [3.63, 3.8) is 0 Å². The van der Waals surface area contributed by atoms with E-state index < -0.39 is 0 Å². The lowest BCUT2D eigenvalue weighted by atomic mass is 10.2. The normalized spacial score (nSPS) is 13.8. The van der Waals surface area contributed by atoms with Crippen molar-refractivity contribution < 1.29 is 9.53 Å². The molecular formula is C15H13BrN6O2. The summed E-state index contributed by atoms with van der Waals surface area (Å²) >= 11 is 3.43. The maximum atomic E-state index is 11.8. The van der Waals surface area contributed by atoms with Crippen LogP contribution in [0.2, 0.25) is 0 Å². The monoisotopic (exact) mass is 388 g/mol. The highest BCUT2D eigenvalue weighted by atomic mass is 79.9. The first-order chi connectivity index (χ1) is 11.5. The van der Waals surface area contributed by atoms with Crippen molar-refractivity contribution in [2.45, 2.75) is 0 Å². The summed E-state index contributed by atoms with van der Waals surface area (Å²) in [6.45, 7) is 0.0610. The molecule has 0 spiro atoms. The number of hydrogen-bond donors (Lipinski definition) is 1. The van der Waals surface area contributed by atoms with Crippen molar-refractivity contribution >= 4 is 50.1 Å². The van der Waals surface area contributed by atoms with Crippen molar-refractivity contribution in [3.8, 4) is 5.75 Å². The minimum atomic E-state index is -0.0842. The number of carbonyl (C=O) groups is 1. The molecule has 1 aromatic carbocycles. The van der Waals surface area contributed by atoms with E-state index in [0.717, 1.165) is 11.1 Å². The largest absolute Gasteiger partial charge is 0.482 e. The third-order valence-electron chi connectivity index (χ3n) is 3.89. The second kappa shape index (κ2) is 5.45. The molecule has 0 saturated carbocycles. The maximum Gasteiger partial charge on any atom is 0.264 e. The number of likely N-dealkylation sites (N-methyl/N-ethyl adjacent to an activating group) is 1. The molecule has 0 fully saturated rings. The Morgan fingerprint density at radius 3 is 2.96 bits per heavy atom. The van der Waals surface area contributed by atoms with Crippen LogP contribution in [0.4, 0.5) is 17.2 Å². The third kappa shape index (κ3) is 2.28. The van der Waals surface area contributed by atoms with Gasteiger partial charge >= 0.3 is 0 Å². The molecule has 2 aromatic heterocycles. The standard InChI is InChI=1S/C15H13BrN6O2/c1-21-9-5-8(3-4-10(9)24-6-11(21)23)19-14-12-13(16)20-22(2)15(12)18-7-17-14/h3-5,7H,6H2,1-2H3,(H,17,18,19). The van der Waals surface area contributed by atoms with Gasteiger partial charge in [0.2, 0.25) is 0 Å². The first kappa shape index (κ1) is 14.9. The zero-order valence-electron chi connectivity index (χ0n) is 12.9. The van der Waals surface area contributed by atoms with E-state index in [-0.39, 0.29) is 12.5 Å². The van der Waals surface area contributed by atoms with Gasteiger partial charge in [0.25, 0.3) is 5.91 Å². The van der Waals surface area contributed by atoms with E-state index in [1.165, 1.54) is 6.33 Å². The molecule has 1 amide bonds. The van der Waals surface area contributed by atoms with Gasteiger partial charge in [0, 0.05) is 19.8 Å². The van der Waals surface area contributed by atoms with Gasteiger partial charge in [0.15, 0.2) is 12.3 Å². The highest BCUT2D eigenvalue weighted by Crippen LogP contribution is 2.35. The van der Waals surface area contributed by atoms with Gasteiger partial charge in [-0.2, -0.15) is 5.10 Å². The van der Waals surface area contributed by atoms with Gasteiger partial charge in [-0.05, 0) is 34.1 Å². The Hall–Kier alpha value is -2.68. The van der Waals surface area contributed by atoms with Crippen molar-refractivity contribution in [2.75, 3.05) is 23.9 Å². The van der Waals surface area contributed by atoms with E-state index in [1.54, 1.807) is 16.6 Å². The lowest BCUT2D eigenvalue weighted by Crippen LogP contribution is -2.35. The summed E-state index contributed by atoms with van der Waals surface area (Å²) in [5.74, 6) is 1.22. The van der Waals surface area contributed by atoms with Crippen molar-refractivity contribution in [3.05, 3.63) is 29.1 Å². The lowest BCUT2D eigenvalue weighted by Gasteiger charge is -2.26. The Labute approximate surface area is 145 Å². The quantitative estimate of drug-likeness (QED) is 0.724. The van der Waals surface area contributed by atoms with Crippen molar-refractivity contribution in [1.29, 1.82) is 0 Å². The number of hydrogen-bond acceptors (Lipinski definition) is 6. The SMILES string of the molecule is CN1C(=O)COc2ccc(Nc3ncnc4c3c(Br)nn4C)cc21. The van der Waals surface area contributed by atoms with Gasteiger partial charge in [-0.15, -0.1) is 0 Å². The predicted molar refractivity (Wildman–Crippen MR) is 92.6 cm³/mol. The highest BCUT2D eigenvalue weighted by molar-refractivity contribution is 9.10. The first-order valence-electron chi connectivity index (χ1n) is 7.18. The molecule has 122 valence electrons. The molecule has 0 aliphatic carbocycles. The minimum Gasteiger partial charge on any atom is -0.482 e. The van der Waals surface area contributed by atoms with E-state index in [0.29, 0.717) is 27.5 Å². The van der Waals surface area contributed by atoms with Crippen LogP contribution in [0.5, 0.6) is 5.75 Å². The van der Waals surface area contributed by atoms with Crippen LogP contribution in [0, 0.1) is 0 Å². The molecule has 0 radical (unpaired) electrons. The minimum absolute atomic E-state index is 0.0610. The molecule has 1 aliphatic rings. The van der Waals surface area contributed by atoms with Gasteiger partial charge in [-0.3, -0.25) is 4.79 Å². The summed E-state index contributed by atoms with van der Waals surface area (Å²) in [5.41, 5.74) is 2.22. The number of aryl methyl sites for hydroxylation is 1. The lowest BCUT2D eigenvalue weighted by molar-refractivity contribution is -0.120. The topological polar surface area (TPSA) is 85.2 Å². The van der Waals surface area contributed by atoms with Crippen LogP contribution >= 0.6 is 15.9 Å². The summed E-state index contributed by atoms with van der Waals surface area (Å²) in [6, 6.07) is 5.56. The van der Waals surface area contributed by atoms with E-state index >= 15 is 0 Å². The molecule has 1 N–H and O–H groups in total. The second-order valence-corrected chi connectivity index (χ2v) is 6.14. The molecule has 0 saturated heterocycles. The summed E-state index contributed by atoms with van der Waals surface area (Å²) < 4.78 is 7.78. The summed E-state index contributed by atoms with van der Waals surface area (Å²) in [6.07, 6.45) is 1.48. The molecule has 24 heavy (non-hydrogen) atoms. The number of fused-ring (bicyclic) bond motifs is 2. The molecule has 3 aromatic rings. The number of ether oxygens (including phenoxy) is 1. The molecule has 0 unspecified atom stereocenters. The molecule has 3 heterocycles. The fraction of sp³-hybridized carbons (Fsp3) is 0.200. The Bertz CT molecular complexity index is 970. The van der Waals surface area contributed by atoms with Crippen molar-refractivity contribution in [1.82, 2.24) is 19.7 Å². The first-order valence-corrected chi connectivity index (χ1v) is 7.97. The fourth-order valence-corrected chi connectivity index (χ4v) is 3.23. The maximum absolute atomic E-state index is 11.8. The third-order valence-corrected chi connectivity index (χ3v) is 4.44. The van der Waals surface area contributed by atoms with Gasteiger partial charge in [-0.1, -0.05) is 0 Å². The molecule has 9 heteroatoms. The number of carbonyl (C=O) groups excluding carboxylic acids is 1. The van der Waals surface area contributed by atoms with Crippen LogP contribution in [-0.2, 0) is 11.8 Å². The van der Waals surface area contributed by atoms with Crippen molar-refractivity contribution in [2.24, 2.45) is 7.05 Å². The van der Waals surface area contributed by atoms with Crippen LogP contribution in [0.25, 0.3) is 11.0 Å². The molecule has 1 aliphatic heterocycles. The number of benzene rings is 1. The molecule has 0 atom stereocenters. The zero-order valence-corrected chi connectivity index (χ0v) is 14.5. The average Bonchev–Trinajstić information content (AvgIpc) is 2.87. The highest BCUT2D eigenvalue weighted by Gasteiger charge is 2.22. The zero-order chi connectivity index (χ0) is 16.8. The summed E-state index contributed by atoms with van der Waals surface area (Å²) in [4.78, 5) is 21.9. The van der Waals surface area contributed by atoms with Gasteiger partial charge in [0.1, 0.15) is 22.5 Å². The summed E-state index contributed by atoms with van der Waals surface area (Å²) in [7, 11) is 3.55. The number of aromatic nitrogens is 4. The molecule has 4 rings (SSSR count). The molecule has 0 bridgehead atoms. The average molecular weight is 389 g/mol. The number of nitrogens with zero attached hydrogens (tertiary/aromatic N) is 5. The molecule has 8 nitrogen and oxygen atoms in total. The Morgan fingerprint density at radius 1 is 1.29 bits per heavy atom. The van der Waals surface area contributed by atoms with E-state index in [2.05, 4.69) is 36.3 Å². The number of halogens is 1. The number of amides is 1. The summed E-state index contributed by atoms with van der Waals surface area (Å²) in [5, 5.41) is 8.35. The van der Waals surface area contributed by atoms with Gasteiger partial charge < -0.3 is 15.0 Å². The van der Waals surface area contributed by atoms with Crippen LogP contribution < -0.4 is 15.0 Å². The van der Waals surface area contributed by atoms with Crippen LogP contribution in [-0.4, -0.2) is 39.3 Å². The second-order valence-electron chi connectivity index (χ2n) is 5.38. The van der Waals surface area contributed by atoms with Gasteiger partial charge in [-0.25, -0.2) is 14.6 Å². The smallest absolute Gasteiger partial charge is 0.264 e. The van der Waals surface area contributed by atoms with Gasteiger partial charge in [0.05, 0.1) is 11.1 Å². The number of rotatable bonds is 2. The predicted octanol–water partition coefficient (Wildman–Crippen LogP) is 2.22. The van der Waals surface area contributed by atoms with Crippen LogP contribution in [0.15, 0.2) is 29.1 Å². The Morgan fingerprint density at radius 2 is 2.12 bits per heavy atom. The molecular weight excluding hydrogens is 376 g/mol. The van der Waals surface area contributed by atoms with E-state index in [4.69, 9.17) is 4.74 Å². The number of nitrogens with one attached hydrogen (secondary N) is 1. The Kier molecular flexibility index (Phi) is 3.38. The Balaban J connectivity index is 1.76. The van der Waals surface area contributed by atoms with Crippen LogP contribution in [0.3, 0.4) is 0 Å².